The summed E-state index contributed by atoms with van der Waals surface area (Å²) in [6.45, 7) is 1.84. The van der Waals surface area contributed by atoms with Crippen LogP contribution < -0.4 is 5.32 Å². The molecule has 1 amide bonds. The zero-order chi connectivity index (χ0) is 12.3. The lowest BCUT2D eigenvalue weighted by Crippen LogP contribution is -2.10. The molecule has 2 aromatic rings. The summed E-state index contributed by atoms with van der Waals surface area (Å²) in [7, 11) is 0. The molecule has 1 aromatic carbocycles. The van der Waals surface area contributed by atoms with Crippen molar-refractivity contribution in [2.45, 2.75) is 6.92 Å². The molecule has 0 saturated heterocycles. The van der Waals surface area contributed by atoms with Crippen LogP contribution in [0.15, 0.2) is 41.0 Å². The Morgan fingerprint density at radius 1 is 1.41 bits per heavy atom. The molecule has 1 heterocycles. The number of benzene rings is 1. The summed E-state index contributed by atoms with van der Waals surface area (Å²) < 4.78 is 5.08. The van der Waals surface area contributed by atoms with Crippen LogP contribution in [0.5, 0.6) is 0 Å². The molecular formula is C13H10N2O2. The van der Waals surface area contributed by atoms with Gasteiger partial charge in [-0.2, -0.15) is 5.26 Å². The number of amides is 1. The molecule has 84 valence electrons. The Kier molecular flexibility index (Phi) is 2.93. The van der Waals surface area contributed by atoms with E-state index in [9.17, 15) is 4.79 Å². The SMILES string of the molecule is Cc1coc(C(=O)Nc2cccc(C#N)c2)c1. The average Bonchev–Trinajstić information content (AvgIpc) is 2.76. The molecule has 17 heavy (non-hydrogen) atoms. The number of nitrogens with zero attached hydrogens (tertiary/aromatic N) is 1. The third kappa shape index (κ3) is 2.52. The highest BCUT2D eigenvalue weighted by Crippen LogP contribution is 2.13. The molecule has 0 atom stereocenters. The Balaban J connectivity index is 2.16. The van der Waals surface area contributed by atoms with Gasteiger partial charge >= 0.3 is 0 Å². The topological polar surface area (TPSA) is 66.0 Å². The molecule has 0 aliphatic carbocycles. The molecule has 0 fully saturated rings. The molecular weight excluding hydrogens is 216 g/mol. The fourth-order valence-electron chi connectivity index (χ4n) is 1.41. The first kappa shape index (κ1) is 11.0. The maximum absolute atomic E-state index is 11.7. The summed E-state index contributed by atoms with van der Waals surface area (Å²) in [4.78, 5) is 11.7. The van der Waals surface area contributed by atoms with Crippen LogP contribution >= 0.6 is 0 Å². The fourth-order valence-corrected chi connectivity index (χ4v) is 1.41. The molecule has 2 rings (SSSR count). The number of nitrogens with one attached hydrogen (secondary N) is 1. The van der Waals surface area contributed by atoms with Crippen LogP contribution in [-0.4, -0.2) is 5.91 Å². The van der Waals surface area contributed by atoms with Crippen LogP contribution in [0.25, 0.3) is 0 Å². The summed E-state index contributed by atoms with van der Waals surface area (Å²) in [6, 6.07) is 10.4. The summed E-state index contributed by atoms with van der Waals surface area (Å²) in [5.74, 6) is -0.0712. The molecule has 1 aromatic heterocycles. The number of carbonyl (C=O) groups excluding carboxylic acids is 1. The van der Waals surface area contributed by atoms with Gasteiger partial charge in [0.1, 0.15) is 0 Å². The molecule has 0 radical (unpaired) electrons. The summed E-state index contributed by atoms with van der Waals surface area (Å²) in [5, 5.41) is 11.4. The van der Waals surface area contributed by atoms with Gasteiger partial charge in [0.15, 0.2) is 5.76 Å². The van der Waals surface area contributed by atoms with Crippen LogP contribution in [0.2, 0.25) is 0 Å². The average molecular weight is 226 g/mol. The zero-order valence-corrected chi connectivity index (χ0v) is 9.23. The number of hydrogen-bond donors (Lipinski definition) is 1. The van der Waals surface area contributed by atoms with Crippen molar-refractivity contribution in [3.05, 3.63) is 53.5 Å². The third-order valence-corrected chi connectivity index (χ3v) is 2.20. The van der Waals surface area contributed by atoms with Gasteiger partial charge in [-0.3, -0.25) is 4.79 Å². The van der Waals surface area contributed by atoms with Crippen LogP contribution in [0.3, 0.4) is 0 Å². The van der Waals surface area contributed by atoms with Gasteiger partial charge in [0.05, 0.1) is 17.9 Å². The summed E-state index contributed by atoms with van der Waals surface area (Å²) in [6.07, 6.45) is 1.51. The number of furan rings is 1. The minimum Gasteiger partial charge on any atom is -0.459 e. The fraction of sp³-hybridized carbons (Fsp3) is 0.0769. The highest BCUT2D eigenvalue weighted by atomic mass is 16.3. The number of carbonyl (C=O) groups is 1. The lowest BCUT2D eigenvalue weighted by atomic mass is 10.2. The molecule has 0 aliphatic rings. The van der Waals surface area contributed by atoms with E-state index < -0.39 is 0 Å². The van der Waals surface area contributed by atoms with Gasteiger partial charge in [-0.05, 0) is 36.8 Å². The maximum atomic E-state index is 11.7. The van der Waals surface area contributed by atoms with Crippen molar-refractivity contribution in [1.29, 1.82) is 5.26 Å². The van der Waals surface area contributed by atoms with E-state index in [1.165, 1.54) is 6.26 Å². The van der Waals surface area contributed by atoms with E-state index >= 15 is 0 Å². The minimum atomic E-state index is -0.326. The van der Waals surface area contributed by atoms with Gasteiger partial charge in [-0.1, -0.05) is 6.07 Å². The van der Waals surface area contributed by atoms with Crippen molar-refractivity contribution in [3.63, 3.8) is 0 Å². The highest BCUT2D eigenvalue weighted by Gasteiger charge is 2.10. The molecule has 4 nitrogen and oxygen atoms in total. The van der Waals surface area contributed by atoms with Gasteiger partial charge in [0.25, 0.3) is 5.91 Å². The first-order valence-corrected chi connectivity index (χ1v) is 5.05. The van der Waals surface area contributed by atoms with E-state index in [-0.39, 0.29) is 11.7 Å². The van der Waals surface area contributed by atoms with E-state index in [4.69, 9.17) is 9.68 Å². The second-order valence-corrected chi connectivity index (χ2v) is 3.64. The van der Waals surface area contributed by atoms with E-state index in [0.717, 1.165) is 5.56 Å². The highest BCUT2D eigenvalue weighted by molar-refractivity contribution is 6.02. The second-order valence-electron chi connectivity index (χ2n) is 3.64. The number of hydrogen-bond acceptors (Lipinski definition) is 3. The van der Waals surface area contributed by atoms with Crippen LogP contribution in [0.4, 0.5) is 5.69 Å². The molecule has 0 spiro atoms. The van der Waals surface area contributed by atoms with Crippen molar-refractivity contribution < 1.29 is 9.21 Å². The predicted octanol–water partition coefficient (Wildman–Crippen LogP) is 2.71. The number of aryl methyl sites for hydroxylation is 1. The van der Waals surface area contributed by atoms with Crippen LogP contribution in [0.1, 0.15) is 21.7 Å². The van der Waals surface area contributed by atoms with E-state index in [1.807, 2.05) is 13.0 Å². The van der Waals surface area contributed by atoms with Gasteiger partial charge in [-0.25, -0.2) is 0 Å². The van der Waals surface area contributed by atoms with Gasteiger partial charge in [0, 0.05) is 5.69 Å². The Morgan fingerprint density at radius 3 is 2.88 bits per heavy atom. The Morgan fingerprint density at radius 2 is 2.24 bits per heavy atom. The molecule has 4 heteroatoms. The molecule has 1 N–H and O–H groups in total. The molecule has 0 bridgehead atoms. The largest absolute Gasteiger partial charge is 0.459 e. The van der Waals surface area contributed by atoms with Crippen molar-refractivity contribution in [1.82, 2.24) is 0 Å². The Labute approximate surface area is 98.5 Å². The Hall–Kier alpha value is -2.54. The van der Waals surface area contributed by atoms with Gasteiger partial charge in [0.2, 0.25) is 0 Å². The smallest absolute Gasteiger partial charge is 0.291 e. The second kappa shape index (κ2) is 4.54. The van der Waals surface area contributed by atoms with Crippen molar-refractivity contribution in [2.24, 2.45) is 0 Å². The van der Waals surface area contributed by atoms with E-state index in [2.05, 4.69) is 5.32 Å². The summed E-state index contributed by atoms with van der Waals surface area (Å²) in [5.41, 5.74) is 1.96. The standard InChI is InChI=1S/C13H10N2O2/c1-9-5-12(17-8-9)13(16)15-11-4-2-3-10(6-11)7-14/h2-6,8H,1H3,(H,15,16). The number of rotatable bonds is 2. The number of nitriles is 1. The molecule has 0 aliphatic heterocycles. The van der Waals surface area contributed by atoms with Crippen molar-refractivity contribution in [2.75, 3.05) is 5.32 Å². The normalized spacial score (nSPS) is 9.65. The number of anilines is 1. The van der Waals surface area contributed by atoms with Crippen LogP contribution in [-0.2, 0) is 0 Å². The maximum Gasteiger partial charge on any atom is 0.291 e. The first-order valence-electron chi connectivity index (χ1n) is 5.05. The Bertz CT molecular complexity index is 593. The van der Waals surface area contributed by atoms with Gasteiger partial charge < -0.3 is 9.73 Å². The van der Waals surface area contributed by atoms with Crippen molar-refractivity contribution >= 4 is 11.6 Å². The van der Waals surface area contributed by atoms with Gasteiger partial charge in [-0.15, -0.1) is 0 Å². The third-order valence-electron chi connectivity index (χ3n) is 2.20. The van der Waals surface area contributed by atoms with Crippen molar-refractivity contribution in [3.8, 4) is 6.07 Å². The monoisotopic (exact) mass is 226 g/mol. The quantitative estimate of drug-likeness (QED) is 0.856. The predicted molar refractivity (Wildman–Crippen MR) is 62.6 cm³/mol. The van der Waals surface area contributed by atoms with Crippen LogP contribution in [0, 0.1) is 18.3 Å². The van der Waals surface area contributed by atoms with E-state index in [1.54, 1.807) is 30.3 Å². The van der Waals surface area contributed by atoms with E-state index in [0.29, 0.717) is 11.3 Å². The lowest BCUT2D eigenvalue weighted by Gasteiger charge is -2.02. The minimum absolute atomic E-state index is 0.255. The first-order chi connectivity index (χ1) is 8.19. The molecule has 0 unspecified atom stereocenters. The zero-order valence-electron chi connectivity index (χ0n) is 9.23. The molecule has 0 saturated carbocycles. The lowest BCUT2D eigenvalue weighted by molar-refractivity contribution is 0.0996. The summed E-state index contributed by atoms with van der Waals surface area (Å²) >= 11 is 0.